The molecule has 1 spiro atoms. The third-order valence-electron chi connectivity index (χ3n) is 2.24. The van der Waals surface area contributed by atoms with E-state index in [1.54, 1.807) is 0 Å². The summed E-state index contributed by atoms with van der Waals surface area (Å²) in [5.74, 6) is 0. The van der Waals surface area contributed by atoms with Crippen molar-refractivity contribution in [3.8, 4) is 0 Å². The molecular formula is C7H12N. The van der Waals surface area contributed by atoms with Crippen LogP contribution in [-0.2, 0) is 0 Å². The van der Waals surface area contributed by atoms with Gasteiger partial charge in [0.1, 0.15) is 0 Å². The molecule has 0 aromatic rings. The van der Waals surface area contributed by atoms with Gasteiger partial charge in [0, 0.05) is 5.54 Å². The fraction of sp³-hybridized carbons (Fsp3) is 0.857. The van der Waals surface area contributed by atoms with E-state index < -0.39 is 0 Å². The van der Waals surface area contributed by atoms with Crippen molar-refractivity contribution in [2.24, 2.45) is 0 Å². The molecule has 0 atom stereocenters. The van der Waals surface area contributed by atoms with E-state index >= 15 is 0 Å². The minimum Gasteiger partial charge on any atom is -0.311 e. The number of hydrogen-bond donors (Lipinski definition) is 1. The molecule has 45 valence electrons. The molecule has 1 nitrogen and oxygen atoms in total. The summed E-state index contributed by atoms with van der Waals surface area (Å²) in [6, 6.07) is 0. The first kappa shape index (κ1) is 4.80. The Morgan fingerprint density at radius 3 is 2.62 bits per heavy atom. The minimum atomic E-state index is 0.623. The predicted molar refractivity (Wildman–Crippen MR) is 33.5 cm³/mol. The average Bonchev–Trinajstić information content (AvgIpc) is 2.52. The lowest BCUT2D eigenvalue weighted by molar-refractivity contribution is 0.443. The van der Waals surface area contributed by atoms with E-state index in [2.05, 4.69) is 11.7 Å². The Bertz CT molecular complexity index is 86.6. The van der Waals surface area contributed by atoms with E-state index in [0.717, 1.165) is 0 Å². The highest BCUT2D eigenvalue weighted by molar-refractivity contribution is 5.07. The van der Waals surface area contributed by atoms with Crippen LogP contribution in [0.1, 0.15) is 25.7 Å². The van der Waals surface area contributed by atoms with Crippen LogP contribution in [0.25, 0.3) is 0 Å². The topological polar surface area (TPSA) is 12.0 Å². The van der Waals surface area contributed by atoms with E-state index in [-0.39, 0.29) is 0 Å². The molecule has 0 aromatic carbocycles. The van der Waals surface area contributed by atoms with Crippen LogP contribution in [0.15, 0.2) is 0 Å². The summed E-state index contributed by atoms with van der Waals surface area (Å²) < 4.78 is 0. The quantitative estimate of drug-likeness (QED) is 0.492. The number of hydrogen-bond acceptors (Lipinski definition) is 1. The van der Waals surface area contributed by atoms with Gasteiger partial charge in [0.15, 0.2) is 0 Å². The fourth-order valence-corrected chi connectivity index (χ4v) is 1.42. The van der Waals surface area contributed by atoms with Crippen molar-refractivity contribution < 1.29 is 0 Å². The second kappa shape index (κ2) is 1.47. The molecule has 1 aliphatic heterocycles. The highest BCUT2D eigenvalue weighted by Gasteiger charge is 2.42. The van der Waals surface area contributed by atoms with Gasteiger partial charge in [0.05, 0.1) is 0 Å². The fourth-order valence-electron chi connectivity index (χ4n) is 1.42. The molecular weight excluding hydrogens is 98.1 g/mol. The molecule has 1 aliphatic carbocycles. The smallest absolute Gasteiger partial charge is 0.0185 e. The van der Waals surface area contributed by atoms with Crippen molar-refractivity contribution in [2.75, 3.05) is 6.54 Å². The van der Waals surface area contributed by atoms with Gasteiger partial charge >= 0.3 is 0 Å². The lowest BCUT2D eigenvalue weighted by Crippen LogP contribution is -2.35. The molecule has 2 fully saturated rings. The van der Waals surface area contributed by atoms with Crippen LogP contribution in [0.4, 0.5) is 0 Å². The van der Waals surface area contributed by atoms with Crippen LogP contribution in [0, 0.1) is 6.42 Å². The van der Waals surface area contributed by atoms with Crippen LogP contribution in [0.3, 0.4) is 0 Å². The molecule has 2 aliphatic rings. The molecule has 1 heterocycles. The molecule has 2 rings (SSSR count). The summed E-state index contributed by atoms with van der Waals surface area (Å²) >= 11 is 0. The monoisotopic (exact) mass is 110 g/mol. The number of nitrogens with one attached hydrogen (secondary N) is 1. The zero-order valence-electron chi connectivity index (χ0n) is 5.11. The van der Waals surface area contributed by atoms with Crippen molar-refractivity contribution >= 4 is 0 Å². The van der Waals surface area contributed by atoms with E-state index in [9.17, 15) is 0 Å². The molecule has 1 heteroatoms. The Balaban J connectivity index is 1.95. The van der Waals surface area contributed by atoms with Crippen LogP contribution in [0.5, 0.6) is 0 Å². The molecule has 1 saturated carbocycles. The van der Waals surface area contributed by atoms with Gasteiger partial charge in [-0.05, 0) is 38.6 Å². The predicted octanol–water partition coefficient (Wildman–Crippen LogP) is 1.11. The molecule has 0 unspecified atom stereocenters. The molecule has 1 radical (unpaired) electrons. The van der Waals surface area contributed by atoms with Gasteiger partial charge in [-0.1, -0.05) is 0 Å². The first-order valence-electron chi connectivity index (χ1n) is 3.48. The summed E-state index contributed by atoms with van der Waals surface area (Å²) in [6.45, 7) is 1.22. The second-order valence-corrected chi connectivity index (χ2v) is 2.99. The van der Waals surface area contributed by atoms with Crippen molar-refractivity contribution in [2.45, 2.75) is 31.2 Å². The summed E-state index contributed by atoms with van der Waals surface area (Å²) in [7, 11) is 0. The van der Waals surface area contributed by atoms with Crippen molar-refractivity contribution in [1.82, 2.24) is 5.32 Å². The Morgan fingerprint density at radius 2 is 2.25 bits per heavy atom. The van der Waals surface area contributed by atoms with Crippen LogP contribution in [0.2, 0.25) is 0 Å². The van der Waals surface area contributed by atoms with Gasteiger partial charge in [-0.15, -0.1) is 0 Å². The maximum Gasteiger partial charge on any atom is 0.0185 e. The largest absolute Gasteiger partial charge is 0.311 e. The molecule has 0 bridgehead atoms. The van der Waals surface area contributed by atoms with Crippen LogP contribution >= 0.6 is 0 Å². The summed E-state index contributed by atoms with van der Waals surface area (Å²) in [5, 5.41) is 3.54. The summed E-state index contributed by atoms with van der Waals surface area (Å²) in [6.07, 6.45) is 7.87. The Morgan fingerprint density at radius 1 is 1.38 bits per heavy atom. The van der Waals surface area contributed by atoms with Crippen molar-refractivity contribution in [3.63, 3.8) is 0 Å². The van der Waals surface area contributed by atoms with Crippen LogP contribution in [-0.4, -0.2) is 12.1 Å². The maximum atomic E-state index is 3.54. The van der Waals surface area contributed by atoms with Crippen molar-refractivity contribution in [1.29, 1.82) is 0 Å². The highest BCUT2D eigenvalue weighted by atomic mass is 15.0. The lowest BCUT2D eigenvalue weighted by atomic mass is 10.0. The second-order valence-electron chi connectivity index (χ2n) is 2.99. The molecule has 8 heavy (non-hydrogen) atoms. The molecule has 0 aromatic heterocycles. The SMILES string of the molecule is [CH]1CCNC2(C1)CC2. The Kier molecular flexibility index (Phi) is 0.884. The van der Waals surface area contributed by atoms with E-state index in [4.69, 9.17) is 0 Å². The third kappa shape index (κ3) is 0.655. The molecule has 1 N–H and O–H groups in total. The first-order chi connectivity index (χ1) is 3.91. The van der Waals surface area contributed by atoms with Crippen molar-refractivity contribution in [3.05, 3.63) is 6.42 Å². The van der Waals surface area contributed by atoms with E-state index in [1.165, 1.54) is 32.2 Å². The number of piperidine rings is 1. The third-order valence-corrected chi connectivity index (χ3v) is 2.24. The maximum absolute atomic E-state index is 3.54. The zero-order valence-corrected chi connectivity index (χ0v) is 5.11. The number of rotatable bonds is 0. The lowest BCUT2D eigenvalue weighted by Gasteiger charge is -2.21. The average molecular weight is 110 g/mol. The Labute approximate surface area is 50.5 Å². The van der Waals surface area contributed by atoms with Gasteiger partial charge in [-0.3, -0.25) is 0 Å². The molecule has 1 saturated heterocycles. The van der Waals surface area contributed by atoms with Gasteiger partial charge < -0.3 is 5.32 Å². The van der Waals surface area contributed by atoms with E-state index in [0.29, 0.717) is 5.54 Å². The van der Waals surface area contributed by atoms with Crippen LogP contribution < -0.4 is 5.32 Å². The standard InChI is InChI=1S/C7H12N/c1-2-6-8-7(3-1)4-5-7/h1,8H,2-6H2. The normalized spacial score (nSPS) is 33.0. The van der Waals surface area contributed by atoms with E-state index in [1.807, 2.05) is 0 Å². The Hall–Kier alpha value is -0.0400. The molecule has 0 amide bonds. The van der Waals surface area contributed by atoms with Gasteiger partial charge in [-0.2, -0.15) is 0 Å². The zero-order chi connectivity index (χ0) is 5.45. The highest BCUT2D eigenvalue weighted by Crippen LogP contribution is 2.41. The van der Waals surface area contributed by atoms with Gasteiger partial charge in [0.25, 0.3) is 0 Å². The summed E-state index contributed by atoms with van der Waals surface area (Å²) in [5.41, 5.74) is 0.623. The summed E-state index contributed by atoms with van der Waals surface area (Å²) in [4.78, 5) is 0. The minimum absolute atomic E-state index is 0.623. The van der Waals surface area contributed by atoms with Gasteiger partial charge in [-0.25, -0.2) is 0 Å². The first-order valence-corrected chi connectivity index (χ1v) is 3.48. The van der Waals surface area contributed by atoms with Gasteiger partial charge in [0.2, 0.25) is 0 Å².